The maximum atomic E-state index is 13.7. The summed E-state index contributed by atoms with van der Waals surface area (Å²) in [6, 6.07) is 16.2. The molecule has 0 aliphatic heterocycles. The molecule has 0 aliphatic rings. The number of para-hydroxylation sites is 1. The largest absolute Gasteiger partial charge is 0.319 e. The predicted molar refractivity (Wildman–Crippen MR) is 106 cm³/mol. The van der Waals surface area contributed by atoms with E-state index in [1.54, 1.807) is 37.3 Å². The Morgan fingerprint density at radius 2 is 1.72 bits per heavy atom. The minimum atomic E-state index is -0.862. The van der Waals surface area contributed by atoms with E-state index in [1.807, 2.05) is 6.07 Å². The molecule has 4 rings (SSSR count). The Hall–Kier alpha value is -3.87. The van der Waals surface area contributed by atoms with Crippen LogP contribution in [0.3, 0.4) is 0 Å². The van der Waals surface area contributed by atoms with Crippen molar-refractivity contribution < 1.29 is 13.6 Å². The van der Waals surface area contributed by atoms with Crippen molar-refractivity contribution in [1.82, 2.24) is 9.55 Å². The number of amides is 1. The van der Waals surface area contributed by atoms with Gasteiger partial charge in [0.1, 0.15) is 17.5 Å². The molecule has 29 heavy (non-hydrogen) atoms. The van der Waals surface area contributed by atoms with Crippen LogP contribution in [0.5, 0.6) is 0 Å². The maximum Gasteiger partial charge on any atom is 0.265 e. The number of benzene rings is 3. The van der Waals surface area contributed by atoms with Gasteiger partial charge in [-0.2, -0.15) is 0 Å². The molecular formula is C22H15F2N3O2. The third-order valence-electron chi connectivity index (χ3n) is 4.51. The molecular weight excluding hydrogens is 376 g/mol. The fraction of sp³-hybridized carbons (Fsp3) is 0.0455. The summed E-state index contributed by atoms with van der Waals surface area (Å²) in [5.41, 5.74) is 1.10. The molecule has 0 spiro atoms. The summed E-state index contributed by atoms with van der Waals surface area (Å²) in [6.45, 7) is 1.73. The number of fused-ring (bicyclic) bond motifs is 1. The summed E-state index contributed by atoms with van der Waals surface area (Å²) in [5.74, 6) is -1.63. The van der Waals surface area contributed by atoms with Crippen LogP contribution in [0.15, 0.2) is 71.5 Å². The number of rotatable bonds is 3. The molecule has 1 aromatic heterocycles. The number of carbonyl (C=O) groups is 1. The fourth-order valence-corrected chi connectivity index (χ4v) is 3.10. The van der Waals surface area contributed by atoms with E-state index in [0.717, 1.165) is 12.1 Å². The summed E-state index contributed by atoms with van der Waals surface area (Å²) >= 11 is 0. The molecule has 0 fully saturated rings. The number of hydrogen-bond acceptors (Lipinski definition) is 3. The number of nitrogens with zero attached hydrogens (tertiary/aromatic N) is 2. The summed E-state index contributed by atoms with van der Waals surface area (Å²) in [5, 5.41) is 2.89. The van der Waals surface area contributed by atoms with Crippen molar-refractivity contribution >= 4 is 22.5 Å². The van der Waals surface area contributed by atoms with Gasteiger partial charge in [0.05, 0.1) is 22.3 Å². The van der Waals surface area contributed by atoms with Gasteiger partial charge in [0.2, 0.25) is 0 Å². The van der Waals surface area contributed by atoms with Gasteiger partial charge in [-0.25, -0.2) is 13.8 Å². The molecule has 4 aromatic rings. The standard InChI is InChI=1S/C22H15F2N3O2/c1-13-25-19-5-3-2-4-17(19)22(29)27(13)16-9-6-14(7-10-16)21(28)26-20-11-8-15(23)12-18(20)24/h2-12H,1H3,(H,26,28). The second-order valence-corrected chi connectivity index (χ2v) is 6.44. The first-order valence-electron chi connectivity index (χ1n) is 8.79. The van der Waals surface area contributed by atoms with Crippen molar-refractivity contribution in [2.45, 2.75) is 6.92 Å². The molecule has 1 N–H and O–H groups in total. The van der Waals surface area contributed by atoms with Gasteiger partial charge >= 0.3 is 0 Å². The molecule has 1 heterocycles. The van der Waals surface area contributed by atoms with Gasteiger partial charge in [-0.1, -0.05) is 12.1 Å². The van der Waals surface area contributed by atoms with Crippen molar-refractivity contribution in [2.24, 2.45) is 0 Å². The monoisotopic (exact) mass is 391 g/mol. The van der Waals surface area contributed by atoms with E-state index in [2.05, 4.69) is 10.3 Å². The number of hydrogen-bond donors (Lipinski definition) is 1. The second-order valence-electron chi connectivity index (χ2n) is 6.44. The molecule has 0 unspecified atom stereocenters. The zero-order valence-corrected chi connectivity index (χ0v) is 15.3. The summed E-state index contributed by atoms with van der Waals surface area (Å²) in [7, 11) is 0. The number of carbonyl (C=O) groups excluding carboxylic acids is 1. The molecule has 0 aliphatic carbocycles. The fourth-order valence-electron chi connectivity index (χ4n) is 3.10. The molecule has 7 heteroatoms. The number of halogens is 2. The van der Waals surface area contributed by atoms with Crippen LogP contribution in [0.4, 0.5) is 14.5 Å². The van der Waals surface area contributed by atoms with Crippen LogP contribution in [0.25, 0.3) is 16.6 Å². The Labute approximate surface area is 164 Å². The van der Waals surface area contributed by atoms with Crippen molar-refractivity contribution in [3.8, 4) is 5.69 Å². The third-order valence-corrected chi connectivity index (χ3v) is 4.51. The Morgan fingerprint density at radius 3 is 2.45 bits per heavy atom. The Bertz CT molecular complexity index is 1300. The summed E-state index contributed by atoms with van der Waals surface area (Å²) in [4.78, 5) is 29.7. The van der Waals surface area contributed by atoms with Crippen molar-refractivity contribution in [1.29, 1.82) is 0 Å². The van der Waals surface area contributed by atoms with Crippen molar-refractivity contribution in [3.05, 3.63) is 100 Å². The minimum absolute atomic E-state index is 0.119. The van der Waals surface area contributed by atoms with E-state index >= 15 is 0 Å². The lowest BCUT2D eigenvalue weighted by Crippen LogP contribution is -2.22. The molecule has 1 amide bonds. The average molecular weight is 391 g/mol. The zero-order valence-electron chi connectivity index (χ0n) is 15.3. The van der Waals surface area contributed by atoms with E-state index in [1.165, 1.54) is 16.7 Å². The average Bonchev–Trinajstić information content (AvgIpc) is 2.70. The van der Waals surface area contributed by atoms with Gasteiger partial charge in [-0.05, 0) is 55.5 Å². The Kier molecular flexibility index (Phi) is 4.64. The lowest BCUT2D eigenvalue weighted by Gasteiger charge is -2.12. The molecule has 0 atom stereocenters. The van der Waals surface area contributed by atoms with Crippen molar-refractivity contribution in [2.75, 3.05) is 5.32 Å². The molecule has 3 aromatic carbocycles. The van der Waals surface area contributed by atoms with Gasteiger partial charge in [-0.3, -0.25) is 14.2 Å². The summed E-state index contributed by atoms with van der Waals surface area (Å²) in [6.07, 6.45) is 0. The van der Waals surface area contributed by atoms with Crippen LogP contribution in [0.2, 0.25) is 0 Å². The van der Waals surface area contributed by atoms with Crippen LogP contribution >= 0.6 is 0 Å². The van der Waals surface area contributed by atoms with Gasteiger partial charge in [-0.15, -0.1) is 0 Å². The SMILES string of the molecule is Cc1nc2ccccc2c(=O)n1-c1ccc(C(=O)Nc2ccc(F)cc2F)cc1. The van der Waals surface area contributed by atoms with E-state index in [-0.39, 0.29) is 16.8 Å². The second kappa shape index (κ2) is 7.27. The molecule has 5 nitrogen and oxygen atoms in total. The van der Waals surface area contributed by atoms with E-state index in [0.29, 0.717) is 28.5 Å². The maximum absolute atomic E-state index is 13.7. The first-order chi connectivity index (χ1) is 13.9. The van der Waals surface area contributed by atoms with Crippen LogP contribution in [0.1, 0.15) is 16.2 Å². The van der Waals surface area contributed by atoms with Crippen LogP contribution in [0, 0.1) is 18.6 Å². The van der Waals surface area contributed by atoms with Crippen LogP contribution < -0.4 is 10.9 Å². The van der Waals surface area contributed by atoms with E-state index in [4.69, 9.17) is 0 Å². The number of aryl methyl sites for hydroxylation is 1. The lowest BCUT2D eigenvalue weighted by atomic mass is 10.1. The van der Waals surface area contributed by atoms with Gasteiger partial charge in [0.15, 0.2) is 0 Å². The molecule has 144 valence electrons. The van der Waals surface area contributed by atoms with E-state index < -0.39 is 17.5 Å². The van der Waals surface area contributed by atoms with Gasteiger partial charge < -0.3 is 5.32 Å². The highest BCUT2D eigenvalue weighted by Crippen LogP contribution is 2.17. The molecule has 0 saturated carbocycles. The van der Waals surface area contributed by atoms with Gasteiger partial charge in [0, 0.05) is 11.6 Å². The number of nitrogens with one attached hydrogen (secondary N) is 1. The Balaban J connectivity index is 1.65. The third kappa shape index (κ3) is 3.50. The van der Waals surface area contributed by atoms with E-state index in [9.17, 15) is 18.4 Å². The van der Waals surface area contributed by atoms with Gasteiger partial charge in [0.25, 0.3) is 11.5 Å². The first-order valence-corrected chi connectivity index (χ1v) is 8.79. The quantitative estimate of drug-likeness (QED) is 0.569. The predicted octanol–water partition coefficient (Wildman–Crippen LogP) is 4.22. The van der Waals surface area contributed by atoms with Crippen molar-refractivity contribution in [3.63, 3.8) is 0 Å². The highest BCUT2D eigenvalue weighted by Gasteiger charge is 2.13. The number of aromatic nitrogens is 2. The van der Waals surface area contributed by atoms with Crippen LogP contribution in [-0.2, 0) is 0 Å². The van der Waals surface area contributed by atoms with Crippen LogP contribution in [-0.4, -0.2) is 15.5 Å². The topological polar surface area (TPSA) is 64.0 Å². The minimum Gasteiger partial charge on any atom is -0.319 e. The lowest BCUT2D eigenvalue weighted by molar-refractivity contribution is 0.102. The molecule has 0 radical (unpaired) electrons. The molecule has 0 saturated heterocycles. The zero-order chi connectivity index (χ0) is 20.5. The first kappa shape index (κ1) is 18.5. The highest BCUT2D eigenvalue weighted by atomic mass is 19.1. The highest BCUT2D eigenvalue weighted by molar-refractivity contribution is 6.04. The Morgan fingerprint density at radius 1 is 1.00 bits per heavy atom. The smallest absolute Gasteiger partial charge is 0.265 e. The normalized spacial score (nSPS) is 10.9. The molecule has 0 bridgehead atoms. The summed E-state index contributed by atoms with van der Waals surface area (Å²) < 4.78 is 28.2. The number of anilines is 1.